The van der Waals surface area contributed by atoms with Crippen LogP contribution in [0.15, 0.2) is 41.0 Å². The number of aliphatic carboxylic acids is 2. The van der Waals surface area contributed by atoms with Gasteiger partial charge in [0.2, 0.25) is 0 Å². The number of carboxylic acids is 2. The molecule has 1 aromatic heterocycles. The van der Waals surface area contributed by atoms with E-state index in [4.69, 9.17) is 33.7 Å². The van der Waals surface area contributed by atoms with Crippen LogP contribution in [0.2, 0.25) is 0 Å². The molecular weight excluding hydrogens is 318 g/mol. The van der Waals surface area contributed by atoms with Crippen LogP contribution in [0.1, 0.15) is 11.3 Å². The van der Waals surface area contributed by atoms with Gasteiger partial charge < -0.3 is 29.4 Å². The highest BCUT2D eigenvalue weighted by atomic mass is 16.5. The van der Waals surface area contributed by atoms with Gasteiger partial charge in [0.1, 0.15) is 17.3 Å². The Morgan fingerprint density at radius 3 is 2.29 bits per heavy atom. The van der Waals surface area contributed by atoms with E-state index in [1.165, 1.54) is 0 Å². The molecule has 0 atom stereocenters. The van der Waals surface area contributed by atoms with Gasteiger partial charge in [0, 0.05) is 12.1 Å². The molecule has 8 nitrogen and oxygen atoms in total. The van der Waals surface area contributed by atoms with Crippen LogP contribution >= 0.6 is 0 Å². The molecule has 2 rings (SSSR count). The quantitative estimate of drug-likeness (QED) is 0.682. The van der Waals surface area contributed by atoms with Gasteiger partial charge in [-0.3, -0.25) is 0 Å². The van der Waals surface area contributed by atoms with Crippen LogP contribution < -0.4 is 14.8 Å². The second kappa shape index (κ2) is 9.90. The summed E-state index contributed by atoms with van der Waals surface area (Å²) in [4.78, 5) is 18.2. The maximum Gasteiger partial charge on any atom is 0.414 e. The third-order valence-corrected chi connectivity index (χ3v) is 2.87. The maximum absolute atomic E-state index is 9.10. The van der Waals surface area contributed by atoms with E-state index in [9.17, 15) is 0 Å². The molecule has 0 fully saturated rings. The lowest BCUT2D eigenvalue weighted by Gasteiger charge is -2.10. The van der Waals surface area contributed by atoms with Crippen molar-refractivity contribution in [1.29, 1.82) is 0 Å². The molecule has 0 aliphatic rings. The topological polar surface area (TPSA) is 118 Å². The summed E-state index contributed by atoms with van der Waals surface area (Å²) in [7, 11) is 3.32. The average Bonchev–Trinajstić information content (AvgIpc) is 3.08. The molecule has 0 unspecified atom stereocenters. The minimum absolute atomic E-state index is 0.688. The van der Waals surface area contributed by atoms with Crippen LogP contribution in [-0.2, 0) is 22.7 Å². The Morgan fingerprint density at radius 2 is 1.79 bits per heavy atom. The molecule has 0 aliphatic heterocycles. The van der Waals surface area contributed by atoms with Crippen LogP contribution in [0, 0.1) is 0 Å². The Kier molecular flexibility index (Phi) is 7.86. The predicted octanol–water partition coefficient (Wildman–Crippen LogP) is 1.74. The highest BCUT2D eigenvalue weighted by Gasteiger charge is 2.05. The summed E-state index contributed by atoms with van der Waals surface area (Å²) in [5.41, 5.74) is 1.06. The molecule has 130 valence electrons. The van der Waals surface area contributed by atoms with Crippen molar-refractivity contribution in [3.63, 3.8) is 0 Å². The lowest BCUT2D eigenvalue weighted by Crippen LogP contribution is -2.13. The molecule has 0 radical (unpaired) electrons. The number of carboxylic acid groups (broad SMARTS) is 2. The minimum atomic E-state index is -1.82. The molecule has 0 aliphatic carbocycles. The third kappa shape index (κ3) is 6.41. The predicted molar refractivity (Wildman–Crippen MR) is 84.1 cm³/mol. The van der Waals surface area contributed by atoms with Crippen LogP contribution in [0.5, 0.6) is 11.5 Å². The maximum atomic E-state index is 9.10. The van der Waals surface area contributed by atoms with Gasteiger partial charge in [-0.05, 0) is 30.3 Å². The van der Waals surface area contributed by atoms with Crippen molar-refractivity contribution in [1.82, 2.24) is 5.32 Å². The van der Waals surface area contributed by atoms with Crippen molar-refractivity contribution in [3.05, 3.63) is 47.9 Å². The zero-order valence-corrected chi connectivity index (χ0v) is 13.3. The van der Waals surface area contributed by atoms with Crippen molar-refractivity contribution in [2.75, 3.05) is 14.2 Å². The van der Waals surface area contributed by atoms with Gasteiger partial charge in [-0.15, -0.1) is 0 Å². The first-order valence-electron chi connectivity index (χ1n) is 6.88. The Labute approximate surface area is 138 Å². The van der Waals surface area contributed by atoms with Crippen molar-refractivity contribution in [3.8, 4) is 11.5 Å². The zero-order chi connectivity index (χ0) is 17.9. The van der Waals surface area contributed by atoms with Gasteiger partial charge in [-0.25, -0.2) is 9.59 Å². The molecule has 0 saturated carbocycles. The van der Waals surface area contributed by atoms with E-state index < -0.39 is 11.9 Å². The van der Waals surface area contributed by atoms with Gasteiger partial charge in [0.05, 0.1) is 27.0 Å². The highest BCUT2D eigenvalue weighted by Crippen LogP contribution is 2.23. The van der Waals surface area contributed by atoms with Gasteiger partial charge in [0.15, 0.2) is 0 Å². The molecule has 1 aromatic carbocycles. The van der Waals surface area contributed by atoms with E-state index in [0.717, 1.165) is 22.8 Å². The Hall–Kier alpha value is -3.00. The van der Waals surface area contributed by atoms with E-state index in [1.807, 2.05) is 30.3 Å². The van der Waals surface area contributed by atoms with Gasteiger partial charge in [-0.2, -0.15) is 0 Å². The SMILES string of the molecule is COc1ccc(OC)c(CNCc2ccco2)c1.O=C(O)C(=O)O. The van der Waals surface area contributed by atoms with E-state index in [0.29, 0.717) is 13.1 Å². The Bertz CT molecular complexity index is 640. The van der Waals surface area contributed by atoms with Crippen LogP contribution in [-0.4, -0.2) is 36.4 Å². The van der Waals surface area contributed by atoms with Gasteiger partial charge >= 0.3 is 11.9 Å². The standard InChI is InChI=1S/C14H17NO3.C2H2O4/c1-16-12-5-6-14(17-2)11(8-12)9-15-10-13-4-3-7-18-13;3-1(4)2(5)6/h3-8,15H,9-10H2,1-2H3;(H,3,4)(H,5,6). The number of rotatable bonds is 6. The van der Waals surface area contributed by atoms with E-state index in [1.54, 1.807) is 20.5 Å². The molecule has 1 heterocycles. The first-order valence-corrected chi connectivity index (χ1v) is 6.88. The highest BCUT2D eigenvalue weighted by molar-refractivity contribution is 6.27. The van der Waals surface area contributed by atoms with Crippen LogP contribution in [0.3, 0.4) is 0 Å². The van der Waals surface area contributed by atoms with Crippen molar-refractivity contribution < 1.29 is 33.7 Å². The number of hydrogen-bond acceptors (Lipinski definition) is 6. The molecule has 3 N–H and O–H groups in total. The molecule has 0 saturated heterocycles. The van der Waals surface area contributed by atoms with Crippen molar-refractivity contribution in [2.24, 2.45) is 0 Å². The molecule has 24 heavy (non-hydrogen) atoms. The minimum Gasteiger partial charge on any atom is -0.497 e. The number of benzene rings is 1. The molecule has 0 amide bonds. The van der Waals surface area contributed by atoms with Crippen LogP contribution in [0.25, 0.3) is 0 Å². The van der Waals surface area contributed by atoms with Gasteiger partial charge in [-0.1, -0.05) is 0 Å². The first-order chi connectivity index (χ1) is 11.5. The summed E-state index contributed by atoms with van der Waals surface area (Å²) in [5.74, 6) is -1.06. The average molecular weight is 337 g/mol. The number of furan rings is 1. The summed E-state index contributed by atoms with van der Waals surface area (Å²) >= 11 is 0. The summed E-state index contributed by atoms with van der Waals surface area (Å²) in [6.45, 7) is 1.38. The number of methoxy groups -OCH3 is 2. The number of nitrogens with one attached hydrogen (secondary N) is 1. The smallest absolute Gasteiger partial charge is 0.414 e. The van der Waals surface area contributed by atoms with E-state index in [2.05, 4.69) is 5.32 Å². The third-order valence-electron chi connectivity index (χ3n) is 2.87. The normalized spacial score (nSPS) is 9.58. The number of carbonyl (C=O) groups is 2. The fourth-order valence-electron chi connectivity index (χ4n) is 1.75. The second-order valence-electron chi connectivity index (χ2n) is 4.47. The second-order valence-corrected chi connectivity index (χ2v) is 4.47. The molecule has 8 heteroatoms. The van der Waals surface area contributed by atoms with E-state index in [-0.39, 0.29) is 0 Å². The largest absolute Gasteiger partial charge is 0.497 e. The summed E-state index contributed by atoms with van der Waals surface area (Å²) in [5, 5.41) is 18.1. The zero-order valence-electron chi connectivity index (χ0n) is 13.3. The van der Waals surface area contributed by atoms with Gasteiger partial charge in [0.25, 0.3) is 0 Å². The summed E-state index contributed by atoms with van der Waals surface area (Å²) < 4.78 is 15.8. The van der Waals surface area contributed by atoms with Crippen molar-refractivity contribution >= 4 is 11.9 Å². The Morgan fingerprint density at radius 1 is 1.08 bits per heavy atom. The lowest BCUT2D eigenvalue weighted by atomic mass is 10.2. The Balaban J connectivity index is 0.000000413. The molecule has 0 spiro atoms. The summed E-state index contributed by atoms with van der Waals surface area (Å²) in [6.07, 6.45) is 1.67. The monoisotopic (exact) mass is 337 g/mol. The molecule has 0 bridgehead atoms. The fourth-order valence-corrected chi connectivity index (χ4v) is 1.75. The van der Waals surface area contributed by atoms with Crippen LogP contribution in [0.4, 0.5) is 0 Å². The number of ether oxygens (including phenoxy) is 2. The number of hydrogen-bond donors (Lipinski definition) is 3. The summed E-state index contributed by atoms with van der Waals surface area (Å²) in [6, 6.07) is 9.57. The van der Waals surface area contributed by atoms with Crippen molar-refractivity contribution in [2.45, 2.75) is 13.1 Å². The van der Waals surface area contributed by atoms with E-state index >= 15 is 0 Å². The first kappa shape index (κ1) is 19.0. The molecular formula is C16H19NO7. The molecule has 2 aromatic rings. The lowest BCUT2D eigenvalue weighted by molar-refractivity contribution is -0.159. The fraction of sp³-hybridized carbons (Fsp3) is 0.250.